The molecule has 2 N–H and O–H groups in total. The SMILES string of the molecule is CC(=O)N1CCc2cc(C(=O)N3C[C@@H](CN)[C@H](c4ccccc4)C3)ccc21. The van der Waals surface area contributed by atoms with Crippen molar-refractivity contribution in [2.24, 2.45) is 11.7 Å². The van der Waals surface area contributed by atoms with Gasteiger partial charge in [0.1, 0.15) is 0 Å². The van der Waals surface area contributed by atoms with Gasteiger partial charge in [0.25, 0.3) is 5.91 Å². The Balaban J connectivity index is 1.55. The number of amides is 2. The van der Waals surface area contributed by atoms with E-state index in [1.807, 2.05) is 41.3 Å². The van der Waals surface area contributed by atoms with E-state index in [0.29, 0.717) is 31.7 Å². The van der Waals surface area contributed by atoms with Crippen LogP contribution in [-0.2, 0) is 11.2 Å². The molecule has 0 radical (unpaired) electrons. The molecule has 0 unspecified atom stereocenters. The van der Waals surface area contributed by atoms with Crippen molar-refractivity contribution < 1.29 is 9.59 Å². The molecule has 0 spiro atoms. The van der Waals surface area contributed by atoms with Crippen LogP contribution in [-0.4, -0.2) is 42.9 Å². The Morgan fingerprint density at radius 2 is 1.89 bits per heavy atom. The Morgan fingerprint density at radius 3 is 2.59 bits per heavy atom. The van der Waals surface area contributed by atoms with Crippen LogP contribution in [0.3, 0.4) is 0 Å². The number of carbonyl (C=O) groups is 2. The quantitative estimate of drug-likeness (QED) is 0.911. The summed E-state index contributed by atoms with van der Waals surface area (Å²) < 4.78 is 0. The van der Waals surface area contributed by atoms with Crippen LogP contribution in [0.2, 0.25) is 0 Å². The first-order valence-electron chi connectivity index (χ1n) is 9.54. The molecule has 2 aromatic carbocycles. The molecule has 5 heteroatoms. The topological polar surface area (TPSA) is 66.6 Å². The van der Waals surface area contributed by atoms with Crippen molar-refractivity contribution in [3.05, 3.63) is 65.2 Å². The van der Waals surface area contributed by atoms with E-state index in [4.69, 9.17) is 5.73 Å². The summed E-state index contributed by atoms with van der Waals surface area (Å²) in [6, 6.07) is 16.0. The number of hydrogen-bond donors (Lipinski definition) is 1. The number of fused-ring (bicyclic) bond motifs is 1. The Labute approximate surface area is 159 Å². The second-order valence-electron chi connectivity index (χ2n) is 7.49. The van der Waals surface area contributed by atoms with E-state index in [9.17, 15) is 9.59 Å². The van der Waals surface area contributed by atoms with Crippen molar-refractivity contribution in [1.82, 2.24) is 4.90 Å². The van der Waals surface area contributed by atoms with Crippen molar-refractivity contribution >= 4 is 17.5 Å². The number of nitrogens with zero attached hydrogens (tertiary/aromatic N) is 2. The van der Waals surface area contributed by atoms with Gasteiger partial charge in [-0.1, -0.05) is 30.3 Å². The third kappa shape index (κ3) is 3.23. The first-order chi connectivity index (χ1) is 13.1. The number of rotatable bonds is 3. The Bertz CT molecular complexity index is 865. The maximum atomic E-state index is 13.1. The zero-order valence-corrected chi connectivity index (χ0v) is 15.6. The maximum absolute atomic E-state index is 13.1. The van der Waals surface area contributed by atoms with Crippen LogP contribution in [0, 0.1) is 5.92 Å². The minimum Gasteiger partial charge on any atom is -0.338 e. The third-order valence-corrected chi connectivity index (χ3v) is 5.86. The van der Waals surface area contributed by atoms with Crippen LogP contribution in [0.4, 0.5) is 5.69 Å². The molecule has 140 valence electrons. The number of hydrogen-bond acceptors (Lipinski definition) is 3. The van der Waals surface area contributed by atoms with Gasteiger partial charge in [-0.3, -0.25) is 9.59 Å². The average Bonchev–Trinajstić information content (AvgIpc) is 3.31. The molecule has 27 heavy (non-hydrogen) atoms. The molecule has 2 aromatic rings. The minimum absolute atomic E-state index is 0.0452. The highest BCUT2D eigenvalue weighted by atomic mass is 16.2. The first-order valence-corrected chi connectivity index (χ1v) is 9.54. The van der Waals surface area contributed by atoms with E-state index in [-0.39, 0.29) is 23.7 Å². The second-order valence-corrected chi connectivity index (χ2v) is 7.49. The van der Waals surface area contributed by atoms with Gasteiger partial charge in [0.15, 0.2) is 0 Å². The predicted molar refractivity (Wildman–Crippen MR) is 106 cm³/mol. The van der Waals surface area contributed by atoms with Gasteiger partial charge < -0.3 is 15.5 Å². The molecule has 0 aromatic heterocycles. The fraction of sp³-hybridized carbons (Fsp3) is 0.364. The first kappa shape index (κ1) is 17.7. The van der Waals surface area contributed by atoms with Crippen LogP contribution >= 0.6 is 0 Å². The van der Waals surface area contributed by atoms with Crippen LogP contribution < -0.4 is 10.6 Å². The molecule has 5 nitrogen and oxygen atoms in total. The average molecular weight is 363 g/mol. The van der Waals surface area contributed by atoms with Crippen LogP contribution in [0.5, 0.6) is 0 Å². The molecular formula is C22H25N3O2. The smallest absolute Gasteiger partial charge is 0.253 e. The van der Waals surface area contributed by atoms with Gasteiger partial charge in [0.05, 0.1) is 0 Å². The van der Waals surface area contributed by atoms with E-state index in [1.54, 1.807) is 11.8 Å². The van der Waals surface area contributed by atoms with Crippen LogP contribution in [0.25, 0.3) is 0 Å². The van der Waals surface area contributed by atoms with Gasteiger partial charge >= 0.3 is 0 Å². The number of carbonyl (C=O) groups excluding carboxylic acids is 2. The molecule has 2 aliphatic heterocycles. The standard InChI is InChI=1S/C22H25N3O2/c1-15(26)25-10-9-17-11-18(7-8-21(17)25)22(27)24-13-19(12-23)20(14-24)16-5-3-2-4-6-16/h2-8,11,19-20H,9-10,12-14,23H2,1H3/t19-,20+/m1/s1. The van der Waals surface area contributed by atoms with Crippen molar-refractivity contribution in [2.75, 3.05) is 31.1 Å². The van der Waals surface area contributed by atoms with Gasteiger partial charge in [-0.25, -0.2) is 0 Å². The number of anilines is 1. The second kappa shape index (κ2) is 7.16. The van der Waals surface area contributed by atoms with Crippen LogP contribution in [0.1, 0.15) is 34.3 Å². The van der Waals surface area contributed by atoms with E-state index in [1.165, 1.54) is 5.56 Å². The summed E-state index contributed by atoms with van der Waals surface area (Å²) >= 11 is 0. The molecule has 0 bridgehead atoms. The molecule has 1 saturated heterocycles. The zero-order valence-electron chi connectivity index (χ0n) is 15.6. The van der Waals surface area contributed by atoms with Crippen molar-refractivity contribution in [1.29, 1.82) is 0 Å². The summed E-state index contributed by atoms with van der Waals surface area (Å²) in [5, 5.41) is 0. The van der Waals surface area contributed by atoms with Crippen molar-refractivity contribution in [3.63, 3.8) is 0 Å². The molecule has 0 saturated carbocycles. The molecule has 0 aliphatic carbocycles. The van der Waals surface area contributed by atoms with Crippen molar-refractivity contribution in [3.8, 4) is 0 Å². The Hall–Kier alpha value is -2.66. The summed E-state index contributed by atoms with van der Waals surface area (Å²) in [5.74, 6) is 0.654. The van der Waals surface area contributed by atoms with E-state index in [0.717, 1.165) is 17.7 Å². The highest BCUT2D eigenvalue weighted by Gasteiger charge is 2.36. The monoisotopic (exact) mass is 363 g/mol. The normalized spacial score (nSPS) is 21.4. The number of likely N-dealkylation sites (tertiary alicyclic amines) is 1. The Morgan fingerprint density at radius 1 is 1.11 bits per heavy atom. The molecule has 2 amide bonds. The largest absolute Gasteiger partial charge is 0.338 e. The van der Waals surface area contributed by atoms with Crippen molar-refractivity contribution in [2.45, 2.75) is 19.3 Å². The lowest BCUT2D eigenvalue weighted by Gasteiger charge is -2.18. The molecule has 2 aliphatic rings. The molecule has 2 atom stereocenters. The maximum Gasteiger partial charge on any atom is 0.253 e. The summed E-state index contributed by atoms with van der Waals surface area (Å²) in [4.78, 5) is 28.5. The minimum atomic E-state index is 0.0452. The van der Waals surface area contributed by atoms with E-state index >= 15 is 0 Å². The molecule has 2 heterocycles. The van der Waals surface area contributed by atoms with Gasteiger partial charge in [-0.2, -0.15) is 0 Å². The lowest BCUT2D eigenvalue weighted by atomic mass is 9.89. The number of nitrogens with two attached hydrogens (primary N) is 1. The zero-order chi connectivity index (χ0) is 19.0. The number of benzene rings is 2. The fourth-order valence-electron chi connectivity index (χ4n) is 4.40. The van der Waals surface area contributed by atoms with Gasteiger partial charge in [0.2, 0.25) is 5.91 Å². The van der Waals surface area contributed by atoms with E-state index < -0.39 is 0 Å². The fourth-order valence-corrected chi connectivity index (χ4v) is 4.40. The van der Waals surface area contributed by atoms with Gasteiger partial charge in [-0.05, 0) is 48.2 Å². The molecule has 1 fully saturated rings. The molecular weight excluding hydrogens is 338 g/mol. The van der Waals surface area contributed by atoms with Crippen LogP contribution in [0.15, 0.2) is 48.5 Å². The van der Waals surface area contributed by atoms with Gasteiger partial charge in [0, 0.05) is 43.7 Å². The highest BCUT2D eigenvalue weighted by molar-refractivity contribution is 5.98. The van der Waals surface area contributed by atoms with Gasteiger partial charge in [-0.15, -0.1) is 0 Å². The highest BCUT2D eigenvalue weighted by Crippen LogP contribution is 2.34. The summed E-state index contributed by atoms with van der Waals surface area (Å²) in [6.45, 7) is 4.22. The van der Waals surface area contributed by atoms with E-state index in [2.05, 4.69) is 12.1 Å². The molecule has 4 rings (SSSR count). The predicted octanol–water partition coefficient (Wildman–Crippen LogP) is 2.41. The summed E-state index contributed by atoms with van der Waals surface area (Å²) in [7, 11) is 0. The summed E-state index contributed by atoms with van der Waals surface area (Å²) in [6.07, 6.45) is 0.800. The summed E-state index contributed by atoms with van der Waals surface area (Å²) in [5.41, 5.74) is 9.95. The Kier molecular flexibility index (Phi) is 4.70. The lowest BCUT2D eigenvalue weighted by molar-refractivity contribution is -0.116. The lowest BCUT2D eigenvalue weighted by Crippen LogP contribution is -2.30. The third-order valence-electron chi connectivity index (χ3n) is 5.86.